The summed E-state index contributed by atoms with van der Waals surface area (Å²) in [7, 11) is 0. The molecule has 0 aromatic carbocycles. The summed E-state index contributed by atoms with van der Waals surface area (Å²) in [4.78, 5) is 0. The van der Waals surface area contributed by atoms with Crippen LogP contribution in [0.1, 0.15) is 0 Å². The molecule has 0 radical (unpaired) electrons. The van der Waals surface area contributed by atoms with E-state index in [4.69, 9.17) is 0 Å². The molecule has 0 saturated heterocycles. The van der Waals surface area contributed by atoms with Gasteiger partial charge in [0, 0.05) is 0 Å². The van der Waals surface area contributed by atoms with E-state index in [0.717, 1.165) is 0 Å². The largest absolute Gasteiger partial charge is 0.108 e. The van der Waals surface area contributed by atoms with Gasteiger partial charge in [0.1, 0.15) is 35.5 Å². The smallest absolute Gasteiger partial charge is 0.0702 e. The van der Waals surface area contributed by atoms with Crippen molar-refractivity contribution in [1.29, 1.82) is 0 Å². The zero-order valence-corrected chi connectivity index (χ0v) is 15.5. The van der Waals surface area contributed by atoms with E-state index >= 15 is 0 Å². The monoisotopic (exact) mass is 366 g/mol. The Morgan fingerprint density at radius 3 is 0.367 bits per heavy atom. The van der Waals surface area contributed by atoms with E-state index in [1.54, 1.807) is 0 Å². The maximum Gasteiger partial charge on any atom is 0.108 e. The second-order valence-corrected chi connectivity index (χ2v) is 6.10. The fourth-order valence-electron chi connectivity index (χ4n) is 2.58. The van der Waals surface area contributed by atoms with Crippen LogP contribution in [0.2, 0.25) is 0 Å². The molecule has 0 amide bonds. The van der Waals surface area contributed by atoms with Crippen LogP contribution >= 0.6 is 0 Å². The van der Waals surface area contributed by atoms with E-state index in [-0.39, 0.29) is 0 Å². The number of rotatable bonds is 0. The Morgan fingerprint density at radius 1 is 0.167 bits per heavy atom. The molecule has 0 atom stereocenters. The van der Waals surface area contributed by atoms with E-state index in [1.807, 2.05) is 0 Å². The van der Waals surface area contributed by atoms with Gasteiger partial charge >= 0.3 is 0 Å². The molecule has 3 rings (SSSR count). The first-order chi connectivity index (χ1) is 14.9. The van der Waals surface area contributed by atoms with Crippen LogP contribution in [-0.2, 0) is 0 Å². The van der Waals surface area contributed by atoms with Crippen molar-refractivity contribution in [2.75, 3.05) is 0 Å². The van der Waals surface area contributed by atoms with Crippen molar-refractivity contribution in [3.05, 3.63) is 0 Å². The van der Waals surface area contributed by atoms with Crippen LogP contribution in [0.5, 0.6) is 0 Å². The third-order valence-corrected chi connectivity index (χ3v) is 4.11. The van der Waals surface area contributed by atoms with Gasteiger partial charge in [0.2, 0.25) is 0 Å². The predicted octanol–water partition coefficient (Wildman–Crippen LogP) is 0.779. The van der Waals surface area contributed by atoms with E-state index in [2.05, 4.69) is 142 Å². The molecule has 3 aliphatic rings. The Labute approximate surface area is 177 Å². The number of hydrogen-bond acceptors (Lipinski definition) is 0. The Balaban J connectivity index is 2.11. The first-order valence-electron chi connectivity index (χ1n) is 8.96. The Bertz CT molecular complexity index is 1140. The highest BCUT2D eigenvalue weighted by molar-refractivity contribution is 5.49. The molecule has 0 fully saturated rings. The van der Waals surface area contributed by atoms with Crippen molar-refractivity contribution in [1.82, 2.24) is 0 Å². The predicted molar refractivity (Wildman–Crippen MR) is 114 cm³/mol. The lowest BCUT2D eigenvalue weighted by molar-refractivity contribution is 0.764. The van der Waals surface area contributed by atoms with Crippen LogP contribution in [0.15, 0.2) is 0 Å². The summed E-state index contributed by atoms with van der Waals surface area (Å²) < 4.78 is 0. The van der Waals surface area contributed by atoms with E-state index in [0.29, 0.717) is 0 Å². The molecule has 0 spiro atoms. The zero-order chi connectivity index (χ0) is 20.4. The highest BCUT2D eigenvalue weighted by Crippen LogP contribution is 2.13. The van der Waals surface area contributed by atoms with Crippen molar-refractivity contribution in [2.24, 2.45) is 35.5 Å². The van der Waals surface area contributed by atoms with Gasteiger partial charge in [-0.2, -0.15) is 0 Å². The lowest BCUT2D eigenvalue weighted by Crippen LogP contribution is -2.09. The van der Waals surface area contributed by atoms with Gasteiger partial charge < -0.3 is 0 Å². The third kappa shape index (κ3) is 4.52. The molecule has 0 nitrogen and oxygen atoms in total. The molecular weight excluding hydrogens is 360 g/mol. The van der Waals surface area contributed by atoms with E-state index < -0.39 is 35.5 Å². The minimum atomic E-state index is -0.461. The topological polar surface area (TPSA) is 0 Å². The van der Waals surface area contributed by atoms with Gasteiger partial charge in [-0.25, -0.2) is 0 Å². The summed E-state index contributed by atoms with van der Waals surface area (Å²) in [6, 6.07) is 0. The fraction of sp³-hybridized carbons (Fsp3) is 0.200. The second-order valence-electron chi connectivity index (χ2n) is 6.10. The van der Waals surface area contributed by atoms with Gasteiger partial charge in [-0.15, -0.1) is 0 Å². The number of fused-ring (bicyclic) bond motifs is 3. The van der Waals surface area contributed by atoms with Crippen LogP contribution < -0.4 is 0 Å². The van der Waals surface area contributed by atoms with Gasteiger partial charge in [0.25, 0.3) is 0 Å². The lowest BCUT2D eigenvalue weighted by atomic mass is 9.92. The summed E-state index contributed by atoms with van der Waals surface area (Å²) in [6.07, 6.45) is 0. The fourth-order valence-corrected chi connectivity index (χ4v) is 2.58. The lowest BCUT2D eigenvalue weighted by Gasteiger charge is -2.06. The Morgan fingerprint density at radius 2 is 0.267 bits per heavy atom. The van der Waals surface area contributed by atoms with Gasteiger partial charge in [-0.1, -0.05) is 71.0 Å². The molecule has 0 aromatic heterocycles. The summed E-state index contributed by atoms with van der Waals surface area (Å²) in [5.74, 6) is 68.0. The molecule has 3 aliphatic carbocycles. The Kier molecular flexibility index (Phi) is 5.48. The molecule has 0 heterocycles. The third-order valence-electron chi connectivity index (χ3n) is 4.11. The minimum absolute atomic E-state index is 0.461. The summed E-state index contributed by atoms with van der Waals surface area (Å²) in [5.41, 5.74) is 0. The average molecular weight is 366 g/mol. The first-order valence-corrected chi connectivity index (χ1v) is 8.96. The van der Waals surface area contributed by atoms with E-state index in [1.165, 1.54) is 0 Å². The summed E-state index contributed by atoms with van der Waals surface area (Å²) in [6.45, 7) is 0. The quantitative estimate of drug-likeness (QED) is 0.556. The van der Waals surface area contributed by atoms with E-state index in [9.17, 15) is 0 Å². The van der Waals surface area contributed by atoms with Crippen LogP contribution in [0, 0.1) is 178 Å². The molecule has 0 aromatic rings. The first kappa shape index (κ1) is 18.1. The second kappa shape index (κ2) is 9.08. The molecule has 0 aliphatic heterocycles. The molecule has 126 valence electrons. The minimum Gasteiger partial charge on any atom is -0.0702 e. The van der Waals surface area contributed by atoms with Crippen LogP contribution in [-0.4, -0.2) is 0 Å². The van der Waals surface area contributed by atoms with Crippen molar-refractivity contribution in [2.45, 2.75) is 0 Å². The SMILES string of the molecule is C1#CC2C#CC#CC3C#CC#CC(C#C1)C1C#CC#CC2C#CC#CC3C#CC#C1. The van der Waals surface area contributed by atoms with Crippen molar-refractivity contribution >= 4 is 0 Å². The maximum atomic E-state index is 3.04. The summed E-state index contributed by atoms with van der Waals surface area (Å²) >= 11 is 0. The molecular formula is C30H6. The standard InChI is InChI=1S/C30H6/c1-2-14-26-16-5-8-22-29-21-4-3-15-25(13-1)27-17-6-9-19-28(26)20-11-12-24-30(29)23-10-7-18-27/h25-30H. The summed E-state index contributed by atoms with van der Waals surface area (Å²) in [5, 5.41) is 0. The Hall–Kier alpha value is -5.28. The van der Waals surface area contributed by atoms with Gasteiger partial charge in [-0.3, -0.25) is 0 Å². The molecule has 0 bridgehead atoms. The zero-order valence-electron chi connectivity index (χ0n) is 15.5. The van der Waals surface area contributed by atoms with Crippen molar-refractivity contribution in [3.63, 3.8) is 0 Å². The maximum absolute atomic E-state index is 3.04. The van der Waals surface area contributed by atoms with Gasteiger partial charge in [-0.05, 0) is 71.0 Å². The number of hydrogen-bond donors (Lipinski definition) is 0. The highest BCUT2D eigenvalue weighted by Gasteiger charge is 2.17. The highest BCUT2D eigenvalue weighted by atomic mass is 14.1. The molecule has 0 heteroatoms. The molecule has 0 N–H and O–H groups in total. The van der Waals surface area contributed by atoms with Gasteiger partial charge in [0.05, 0.1) is 0 Å². The average Bonchev–Trinajstić information content (AvgIpc) is 2.74. The van der Waals surface area contributed by atoms with Crippen molar-refractivity contribution in [3.8, 4) is 142 Å². The molecule has 30 heavy (non-hydrogen) atoms. The van der Waals surface area contributed by atoms with Crippen LogP contribution in [0.4, 0.5) is 0 Å². The van der Waals surface area contributed by atoms with Crippen molar-refractivity contribution < 1.29 is 0 Å². The van der Waals surface area contributed by atoms with Crippen LogP contribution in [0.25, 0.3) is 0 Å². The van der Waals surface area contributed by atoms with Gasteiger partial charge in [0.15, 0.2) is 0 Å². The molecule has 0 saturated carbocycles. The van der Waals surface area contributed by atoms with Crippen LogP contribution in [0.3, 0.4) is 0 Å². The molecule has 0 unspecified atom stereocenters. The normalized spacial score (nSPS) is 28.0.